The molecule has 0 fully saturated rings. The molecule has 20 heavy (non-hydrogen) atoms. The van der Waals surface area contributed by atoms with E-state index in [0.717, 1.165) is 6.42 Å². The van der Waals surface area contributed by atoms with Crippen molar-refractivity contribution < 1.29 is 19.4 Å². The summed E-state index contributed by atoms with van der Waals surface area (Å²) >= 11 is 0. The van der Waals surface area contributed by atoms with Gasteiger partial charge < -0.3 is 9.84 Å². The van der Waals surface area contributed by atoms with E-state index in [2.05, 4.69) is 13.8 Å². The molecular weight excluding hydrogens is 258 g/mol. The van der Waals surface area contributed by atoms with Crippen molar-refractivity contribution in [2.24, 2.45) is 5.92 Å². The zero-order valence-electron chi connectivity index (χ0n) is 12.3. The Hall–Kier alpha value is -1.88. The number of benzene rings is 1. The van der Waals surface area contributed by atoms with Crippen LogP contribution in [0.4, 0.5) is 0 Å². The van der Waals surface area contributed by atoms with E-state index in [4.69, 9.17) is 9.84 Å². The molecule has 1 aromatic carbocycles. The molecule has 5 heteroatoms. The number of carbonyl (C=O) groups excluding carboxylic acids is 1. The Labute approximate surface area is 119 Å². The van der Waals surface area contributed by atoms with E-state index in [-0.39, 0.29) is 11.8 Å². The highest BCUT2D eigenvalue weighted by atomic mass is 16.6. The minimum absolute atomic E-state index is 0.146. The molecule has 0 aliphatic heterocycles. The molecule has 1 atom stereocenters. The zero-order valence-corrected chi connectivity index (χ0v) is 12.3. The van der Waals surface area contributed by atoms with Crippen molar-refractivity contribution in [3.05, 3.63) is 35.4 Å². The summed E-state index contributed by atoms with van der Waals surface area (Å²) < 4.78 is 5.45. The molecular formula is C15H21NO4. The van der Waals surface area contributed by atoms with E-state index in [1.54, 1.807) is 0 Å². The SMILES string of the molecule is CC(C)CC(OC(=O)c1ccc(C(=O)O)cc1)N(C)C. The molecule has 1 N–H and O–H groups in total. The molecule has 0 spiro atoms. The normalized spacial score (nSPS) is 12.5. The Morgan fingerprint density at radius 1 is 1.15 bits per heavy atom. The summed E-state index contributed by atoms with van der Waals surface area (Å²) in [5, 5.41) is 8.81. The van der Waals surface area contributed by atoms with Crippen molar-refractivity contribution >= 4 is 11.9 Å². The number of aromatic carboxylic acids is 1. The predicted molar refractivity (Wildman–Crippen MR) is 75.7 cm³/mol. The first kappa shape index (κ1) is 16.2. The lowest BCUT2D eigenvalue weighted by Gasteiger charge is -2.25. The van der Waals surface area contributed by atoms with Crippen LogP contribution < -0.4 is 0 Å². The Balaban J connectivity index is 2.75. The standard InChI is InChI=1S/C15H21NO4/c1-10(2)9-13(16(3)4)20-15(19)12-7-5-11(6-8-12)14(17)18/h5-8,10,13H,9H2,1-4H3,(H,17,18). The number of hydrogen-bond donors (Lipinski definition) is 1. The monoisotopic (exact) mass is 279 g/mol. The third-order valence-electron chi connectivity index (χ3n) is 2.86. The van der Waals surface area contributed by atoms with Crippen LogP contribution >= 0.6 is 0 Å². The number of esters is 1. The fraction of sp³-hybridized carbons (Fsp3) is 0.467. The van der Waals surface area contributed by atoms with Gasteiger partial charge in [0, 0.05) is 6.42 Å². The maximum Gasteiger partial charge on any atom is 0.339 e. The summed E-state index contributed by atoms with van der Waals surface area (Å²) in [6, 6.07) is 5.72. The minimum Gasteiger partial charge on any atom is -0.478 e. The first-order valence-corrected chi connectivity index (χ1v) is 6.52. The van der Waals surface area contributed by atoms with Crippen molar-refractivity contribution in [2.75, 3.05) is 14.1 Å². The first-order chi connectivity index (χ1) is 9.31. The molecule has 0 radical (unpaired) electrons. The Morgan fingerprint density at radius 3 is 2.05 bits per heavy atom. The fourth-order valence-corrected chi connectivity index (χ4v) is 1.71. The van der Waals surface area contributed by atoms with Gasteiger partial charge >= 0.3 is 11.9 Å². The van der Waals surface area contributed by atoms with Crippen LogP contribution in [0.2, 0.25) is 0 Å². The van der Waals surface area contributed by atoms with Crippen LogP contribution in [0, 0.1) is 5.92 Å². The second-order valence-electron chi connectivity index (χ2n) is 5.34. The molecule has 0 aliphatic carbocycles. The van der Waals surface area contributed by atoms with Gasteiger partial charge in [-0.1, -0.05) is 13.8 Å². The summed E-state index contributed by atoms with van der Waals surface area (Å²) in [5.74, 6) is -1.05. The van der Waals surface area contributed by atoms with Gasteiger partial charge in [0.1, 0.15) is 0 Å². The van der Waals surface area contributed by atoms with Crippen molar-refractivity contribution in [1.29, 1.82) is 0 Å². The molecule has 1 aromatic rings. The second kappa shape index (κ2) is 7.05. The van der Waals surface area contributed by atoms with Gasteiger partial charge in [-0.3, -0.25) is 4.90 Å². The van der Waals surface area contributed by atoms with Gasteiger partial charge in [-0.15, -0.1) is 0 Å². The lowest BCUT2D eigenvalue weighted by molar-refractivity contribution is -0.0228. The Morgan fingerprint density at radius 2 is 1.65 bits per heavy atom. The molecule has 1 rings (SSSR count). The van der Waals surface area contributed by atoms with Crippen LogP contribution in [-0.4, -0.2) is 42.3 Å². The van der Waals surface area contributed by atoms with Crippen LogP contribution in [-0.2, 0) is 4.74 Å². The highest BCUT2D eigenvalue weighted by Crippen LogP contribution is 2.14. The summed E-state index contributed by atoms with van der Waals surface area (Å²) in [7, 11) is 3.71. The molecule has 0 saturated heterocycles. The summed E-state index contributed by atoms with van der Waals surface area (Å²) in [6.07, 6.45) is 0.452. The highest BCUT2D eigenvalue weighted by Gasteiger charge is 2.19. The minimum atomic E-state index is -1.02. The number of carbonyl (C=O) groups is 2. The smallest absolute Gasteiger partial charge is 0.339 e. The van der Waals surface area contributed by atoms with Gasteiger partial charge in [-0.05, 0) is 44.3 Å². The molecule has 1 unspecified atom stereocenters. The number of carboxylic acids is 1. The maximum atomic E-state index is 12.0. The van der Waals surface area contributed by atoms with Gasteiger partial charge in [0.15, 0.2) is 6.23 Å². The van der Waals surface area contributed by atoms with Crippen LogP contribution in [0.1, 0.15) is 41.0 Å². The summed E-state index contributed by atoms with van der Waals surface area (Å²) in [4.78, 5) is 24.6. The molecule has 0 aliphatic rings. The molecule has 0 amide bonds. The van der Waals surface area contributed by atoms with Crippen LogP contribution in [0.15, 0.2) is 24.3 Å². The molecule has 0 saturated carbocycles. The Bertz CT molecular complexity index is 465. The van der Waals surface area contributed by atoms with Gasteiger partial charge in [0.25, 0.3) is 0 Å². The van der Waals surface area contributed by atoms with E-state index in [1.165, 1.54) is 24.3 Å². The van der Waals surface area contributed by atoms with Crippen LogP contribution in [0.3, 0.4) is 0 Å². The number of hydrogen-bond acceptors (Lipinski definition) is 4. The zero-order chi connectivity index (χ0) is 15.3. The third-order valence-corrected chi connectivity index (χ3v) is 2.86. The predicted octanol–water partition coefficient (Wildman–Crippen LogP) is 2.48. The van der Waals surface area contributed by atoms with Gasteiger partial charge in [0.2, 0.25) is 0 Å². The van der Waals surface area contributed by atoms with Crippen molar-refractivity contribution in [3.8, 4) is 0 Å². The lowest BCUT2D eigenvalue weighted by Crippen LogP contribution is -2.34. The van der Waals surface area contributed by atoms with Gasteiger partial charge in [-0.25, -0.2) is 9.59 Å². The largest absolute Gasteiger partial charge is 0.478 e. The Kier molecular flexibility index (Phi) is 5.70. The lowest BCUT2D eigenvalue weighted by atomic mass is 10.1. The number of carboxylic acid groups (broad SMARTS) is 1. The average Bonchev–Trinajstić information content (AvgIpc) is 2.37. The molecule has 5 nitrogen and oxygen atoms in total. The van der Waals surface area contributed by atoms with E-state index < -0.39 is 11.9 Å². The van der Waals surface area contributed by atoms with Crippen LogP contribution in [0.25, 0.3) is 0 Å². The molecule has 110 valence electrons. The summed E-state index contributed by atoms with van der Waals surface area (Å²) in [5.41, 5.74) is 0.499. The van der Waals surface area contributed by atoms with E-state index in [9.17, 15) is 9.59 Å². The fourth-order valence-electron chi connectivity index (χ4n) is 1.71. The average molecular weight is 279 g/mol. The van der Waals surface area contributed by atoms with Crippen molar-refractivity contribution in [2.45, 2.75) is 26.5 Å². The number of ether oxygens (including phenoxy) is 1. The highest BCUT2D eigenvalue weighted by molar-refractivity contribution is 5.92. The van der Waals surface area contributed by atoms with E-state index in [1.807, 2.05) is 19.0 Å². The van der Waals surface area contributed by atoms with Crippen molar-refractivity contribution in [1.82, 2.24) is 4.90 Å². The maximum absolute atomic E-state index is 12.0. The number of nitrogens with zero attached hydrogens (tertiary/aromatic N) is 1. The van der Waals surface area contributed by atoms with Crippen molar-refractivity contribution in [3.63, 3.8) is 0 Å². The van der Waals surface area contributed by atoms with Gasteiger partial charge in [-0.2, -0.15) is 0 Å². The molecule has 0 heterocycles. The molecule has 0 aromatic heterocycles. The first-order valence-electron chi connectivity index (χ1n) is 6.52. The summed E-state index contributed by atoms with van der Waals surface area (Å²) in [6.45, 7) is 4.12. The van der Waals surface area contributed by atoms with Crippen LogP contribution in [0.5, 0.6) is 0 Å². The van der Waals surface area contributed by atoms with E-state index in [0.29, 0.717) is 11.5 Å². The third kappa shape index (κ3) is 4.66. The second-order valence-corrected chi connectivity index (χ2v) is 5.34. The topological polar surface area (TPSA) is 66.8 Å². The van der Waals surface area contributed by atoms with Gasteiger partial charge in [0.05, 0.1) is 11.1 Å². The molecule has 0 bridgehead atoms. The number of rotatable bonds is 6. The van der Waals surface area contributed by atoms with E-state index >= 15 is 0 Å². The quantitative estimate of drug-likeness (QED) is 0.640.